The molecule has 1 aliphatic carbocycles. The standard InChI is InChI=1S/C18H16N2O2/c1-21-16-4-2-3-12-9-18(19,7-5-13(12)16)15-11-22-17-10-20-8-6-14(15)17/h2-8,10-11H,9,19H2,1H3. The van der Waals surface area contributed by atoms with Crippen molar-refractivity contribution in [3.8, 4) is 5.75 Å². The quantitative estimate of drug-likeness (QED) is 0.787. The van der Waals surface area contributed by atoms with E-state index in [4.69, 9.17) is 14.9 Å². The highest BCUT2D eigenvalue weighted by molar-refractivity contribution is 5.82. The van der Waals surface area contributed by atoms with Gasteiger partial charge in [-0.05, 0) is 24.1 Å². The zero-order chi connectivity index (χ0) is 15.2. The van der Waals surface area contributed by atoms with Gasteiger partial charge in [-0.3, -0.25) is 4.98 Å². The maximum absolute atomic E-state index is 6.69. The summed E-state index contributed by atoms with van der Waals surface area (Å²) in [5, 5.41) is 1.01. The third-order valence-electron chi connectivity index (χ3n) is 4.29. The molecule has 1 atom stereocenters. The molecule has 2 aromatic heterocycles. The van der Waals surface area contributed by atoms with Gasteiger partial charge in [0.2, 0.25) is 0 Å². The summed E-state index contributed by atoms with van der Waals surface area (Å²) in [5.41, 5.74) is 10.1. The van der Waals surface area contributed by atoms with Crippen LogP contribution in [0.2, 0.25) is 0 Å². The Morgan fingerprint density at radius 1 is 1.32 bits per heavy atom. The molecule has 1 unspecified atom stereocenters. The fourth-order valence-electron chi connectivity index (χ4n) is 3.14. The zero-order valence-corrected chi connectivity index (χ0v) is 12.2. The lowest BCUT2D eigenvalue weighted by atomic mass is 9.79. The molecule has 2 heterocycles. The van der Waals surface area contributed by atoms with Crippen LogP contribution in [0.15, 0.2) is 53.4 Å². The van der Waals surface area contributed by atoms with Crippen LogP contribution in [0.5, 0.6) is 5.75 Å². The van der Waals surface area contributed by atoms with Crippen LogP contribution < -0.4 is 10.5 Å². The molecule has 110 valence electrons. The van der Waals surface area contributed by atoms with E-state index < -0.39 is 5.54 Å². The van der Waals surface area contributed by atoms with Gasteiger partial charge in [0.05, 0.1) is 25.1 Å². The molecule has 0 radical (unpaired) electrons. The molecule has 4 heteroatoms. The topological polar surface area (TPSA) is 61.3 Å². The first-order valence-electron chi connectivity index (χ1n) is 7.17. The summed E-state index contributed by atoms with van der Waals surface area (Å²) >= 11 is 0. The fraction of sp³-hybridized carbons (Fsp3) is 0.167. The van der Waals surface area contributed by atoms with E-state index in [0.29, 0.717) is 6.42 Å². The highest BCUT2D eigenvalue weighted by Gasteiger charge is 2.32. The molecule has 22 heavy (non-hydrogen) atoms. The number of fused-ring (bicyclic) bond motifs is 2. The van der Waals surface area contributed by atoms with Crippen molar-refractivity contribution in [2.45, 2.75) is 12.0 Å². The van der Waals surface area contributed by atoms with Gasteiger partial charge in [0.1, 0.15) is 5.75 Å². The molecular formula is C18H16N2O2. The Labute approximate surface area is 128 Å². The van der Waals surface area contributed by atoms with Crippen molar-refractivity contribution in [1.29, 1.82) is 0 Å². The third-order valence-corrected chi connectivity index (χ3v) is 4.29. The summed E-state index contributed by atoms with van der Waals surface area (Å²) < 4.78 is 11.0. The van der Waals surface area contributed by atoms with Crippen molar-refractivity contribution >= 4 is 17.0 Å². The van der Waals surface area contributed by atoms with Crippen LogP contribution in [0, 0.1) is 0 Å². The number of furan rings is 1. The molecule has 0 saturated carbocycles. The molecule has 0 bridgehead atoms. The molecule has 0 fully saturated rings. The van der Waals surface area contributed by atoms with Gasteiger partial charge in [0.25, 0.3) is 0 Å². The van der Waals surface area contributed by atoms with Gasteiger partial charge in [0, 0.05) is 22.7 Å². The number of nitrogens with zero attached hydrogens (tertiary/aromatic N) is 1. The molecule has 2 N–H and O–H groups in total. The van der Waals surface area contributed by atoms with Crippen LogP contribution in [0.1, 0.15) is 16.7 Å². The van der Waals surface area contributed by atoms with Crippen LogP contribution in [-0.2, 0) is 12.0 Å². The van der Waals surface area contributed by atoms with E-state index in [1.807, 2.05) is 30.4 Å². The van der Waals surface area contributed by atoms with Crippen LogP contribution in [0.25, 0.3) is 17.0 Å². The largest absolute Gasteiger partial charge is 0.496 e. The predicted octanol–water partition coefficient (Wildman–Crippen LogP) is 3.26. The summed E-state index contributed by atoms with van der Waals surface area (Å²) in [6.07, 6.45) is 9.98. The summed E-state index contributed by atoms with van der Waals surface area (Å²) in [4.78, 5) is 4.08. The number of methoxy groups -OCH3 is 1. The average molecular weight is 292 g/mol. The molecule has 4 nitrogen and oxygen atoms in total. The van der Waals surface area contributed by atoms with Gasteiger partial charge in [-0.25, -0.2) is 0 Å². The van der Waals surface area contributed by atoms with Gasteiger partial charge >= 0.3 is 0 Å². The molecule has 1 aromatic carbocycles. The second-order valence-electron chi connectivity index (χ2n) is 5.60. The van der Waals surface area contributed by atoms with Crippen LogP contribution in [0.4, 0.5) is 0 Å². The first-order chi connectivity index (χ1) is 10.7. The van der Waals surface area contributed by atoms with E-state index in [0.717, 1.165) is 27.8 Å². The first-order valence-corrected chi connectivity index (χ1v) is 7.17. The maximum Gasteiger partial charge on any atom is 0.152 e. The predicted molar refractivity (Wildman–Crippen MR) is 85.6 cm³/mol. The highest BCUT2D eigenvalue weighted by Crippen LogP contribution is 2.38. The molecule has 0 amide bonds. The molecule has 3 aromatic rings. The smallest absolute Gasteiger partial charge is 0.152 e. The molecule has 4 rings (SSSR count). The minimum absolute atomic E-state index is 0.591. The monoisotopic (exact) mass is 292 g/mol. The van der Waals surface area contributed by atoms with E-state index in [9.17, 15) is 0 Å². The van der Waals surface area contributed by atoms with Crippen molar-refractivity contribution in [3.05, 3.63) is 65.7 Å². The molecule has 0 aliphatic heterocycles. The van der Waals surface area contributed by atoms with Crippen molar-refractivity contribution in [1.82, 2.24) is 4.98 Å². The summed E-state index contributed by atoms with van der Waals surface area (Å²) in [6, 6.07) is 7.99. The maximum atomic E-state index is 6.69. The number of ether oxygens (including phenoxy) is 1. The Bertz CT molecular complexity index is 882. The molecule has 1 aliphatic rings. The number of pyridine rings is 1. The van der Waals surface area contributed by atoms with Gasteiger partial charge < -0.3 is 14.9 Å². The lowest BCUT2D eigenvalue weighted by Gasteiger charge is -2.30. The summed E-state index contributed by atoms with van der Waals surface area (Å²) in [6.45, 7) is 0. The Kier molecular flexibility index (Phi) is 2.81. The summed E-state index contributed by atoms with van der Waals surface area (Å²) in [5.74, 6) is 0.872. The number of benzene rings is 1. The van der Waals surface area contributed by atoms with Crippen molar-refractivity contribution in [3.63, 3.8) is 0 Å². The minimum atomic E-state index is -0.591. The molecule has 0 saturated heterocycles. The molecule has 0 spiro atoms. The van der Waals surface area contributed by atoms with Crippen molar-refractivity contribution < 1.29 is 9.15 Å². The number of aromatic nitrogens is 1. The van der Waals surface area contributed by atoms with E-state index in [2.05, 4.69) is 11.1 Å². The number of nitrogens with two attached hydrogens (primary N) is 1. The first kappa shape index (κ1) is 13.1. The Morgan fingerprint density at radius 2 is 2.23 bits per heavy atom. The van der Waals surface area contributed by atoms with Crippen LogP contribution >= 0.6 is 0 Å². The van der Waals surface area contributed by atoms with Crippen LogP contribution in [0.3, 0.4) is 0 Å². The number of rotatable bonds is 2. The highest BCUT2D eigenvalue weighted by atomic mass is 16.5. The Morgan fingerprint density at radius 3 is 3.09 bits per heavy atom. The lowest BCUT2D eigenvalue weighted by molar-refractivity contribution is 0.412. The minimum Gasteiger partial charge on any atom is -0.496 e. The van der Waals surface area contributed by atoms with E-state index in [1.54, 1.807) is 25.8 Å². The zero-order valence-electron chi connectivity index (χ0n) is 12.2. The number of hydrogen-bond acceptors (Lipinski definition) is 4. The average Bonchev–Trinajstić information content (AvgIpc) is 2.99. The normalized spacial score (nSPS) is 20.1. The summed E-state index contributed by atoms with van der Waals surface area (Å²) in [7, 11) is 1.68. The Hall–Kier alpha value is -2.59. The Balaban J connectivity index is 1.84. The second kappa shape index (κ2) is 4.71. The second-order valence-corrected chi connectivity index (χ2v) is 5.60. The van der Waals surface area contributed by atoms with Crippen molar-refractivity contribution in [2.24, 2.45) is 5.73 Å². The SMILES string of the molecule is COc1cccc2c1C=CC(N)(c1coc3cnccc13)C2. The van der Waals surface area contributed by atoms with Crippen molar-refractivity contribution in [2.75, 3.05) is 7.11 Å². The van der Waals surface area contributed by atoms with Gasteiger partial charge in [-0.15, -0.1) is 0 Å². The van der Waals surface area contributed by atoms with Gasteiger partial charge in [-0.2, -0.15) is 0 Å². The van der Waals surface area contributed by atoms with Crippen LogP contribution in [-0.4, -0.2) is 12.1 Å². The van der Waals surface area contributed by atoms with E-state index in [-0.39, 0.29) is 0 Å². The third kappa shape index (κ3) is 1.84. The number of hydrogen-bond donors (Lipinski definition) is 1. The van der Waals surface area contributed by atoms with E-state index >= 15 is 0 Å². The lowest BCUT2D eigenvalue weighted by Crippen LogP contribution is -2.38. The van der Waals surface area contributed by atoms with Gasteiger partial charge in [0.15, 0.2) is 5.58 Å². The molecular weight excluding hydrogens is 276 g/mol. The van der Waals surface area contributed by atoms with E-state index in [1.165, 1.54) is 5.56 Å². The fourth-order valence-corrected chi connectivity index (χ4v) is 3.14. The van der Waals surface area contributed by atoms with Gasteiger partial charge in [-0.1, -0.05) is 24.3 Å².